The Morgan fingerprint density at radius 1 is 1.36 bits per heavy atom. The van der Waals surface area contributed by atoms with Crippen LogP contribution in [0.5, 0.6) is 11.5 Å². The van der Waals surface area contributed by atoms with E-state index >= 15 is 0 Å². The molecule has 1 aromatic carbocycles. The number of carbonyl (C=O) groups is 2. The summed E-state index contributed by atoms with van der Waals surface area (Å²) in [6.45, 7) is 1.48. The quantitative estimate of drug-likeness (QED) is 0.246. The lowest BCUT2D eigenvalue weighted by Gasteiger charge is -2.24. The molecule has 0 saturated carbocycles. The molecule has 204 valence electrons. The molecule has 2 aromatic heterocycles. The first-order chi connectivity index (χ1) is 19.0. The van der Waals surface area contributed by atoms with Gasteiger partial charge in [0.25, 0.3) is 5.91 Å². The highest BCUT2D eigenvalue weighted by Gasteiger charge is 2.31. The number of pyridine rings is 1. The Hall–Kier alpha value is -3.86. The molecule has 3 N–H and O–H groups in total. The summed E-state index contributed by atoms with van der Waals surface area (Å²) in [5.74, 6) is -0.246. The van der Waals surface area contributed by atoms with E-state index in [1.165, 1.54) is 13.2 Å². The summed E-state index contributed by atoms with van der Waals surface area (Å²) in [7, 11) is 1.39. The molecule has 5 rings (SSSR count). The maximum atomic E-state index is 14.5. The maximum absolute atomic E-state index is 14.5. The average molecular weight is 598 g/mol. The minimum absolute atomic E-state index is 0.0365. The van der Waals surface area contributed by atoms with Gasteiger partial charge in [0.15, 0.2) is 11.6 Å². The Balaban J connectivity index is 1.49. The Morgan fingerprint density at radius 2 is 2.23 bits per heavy atom. The lowest BCUT2D eigenvalue weighted by molar-refractivity contribution is -0.127. The van der Waals surface area contributed by atoms with Crippen LogP contribution in [-0.2, 0) is 11.2 Å². The first-order valence-electron chi connectivity index (χ1n) is 12.7. The summed E-state index contributed by atoms with van der Waals surface area (Å²) < 4.78 is 26.0. The van der Waals surface area contributed by atoms with E-state index in [-0.39, 0.29) is 23.6 Å². The van der Waals surface area contributed by atoms with Crippen molar-refractivity contribution >= 4 is 39.1 Å². The van der Waals surface area contributed by atoms with Crippen molar-refractivity contribution in [1.29, 1.82) is 0 Å². The lowest BCUT2D eigenvalue weighted by atomic mass is 10.0. The van der Waals surface area contributed by atoms with Crippen LogP contribution in [0.1, 0.15) is 28.9 Å². The number of para-hydroxylation sites is 1. The summed E-state index contributed by atoms with van der Waals surface area (Å²) in [6, 6.07) is 6.30. The van der Waals surface area contributed by atoms with E-state index in [1.54, 1.807) is 42.7 Å². The topological polar surface area (TPSA) is 109 Å². The summed E-state index contributed by atoms with van der Waals surface area (Å²) in [4.78, 5) is 35.1. The zero-order valence-corrected chi connectivity index (χ0v) is 23.0. The van der Waals surface area contributed by atoms with E-state index in [1.807, 2.05) is 4.90 Å². The van der Waals surface area contributed by atoms with E-state index in [9.17, 15) is 14.0 Å². The second-order valence-corrected chi connectivity index (χ2v) is 9.89. The van der Waals surface area contributed by atoms with Crippen LogP contribution in [0.4, 0.5) is 15.8 Å². The Morgan fingerprint density at radius 3 is 3.05 bits per heavy atom. The normalized spacial score (nSPS) is 16.7. The summed E-state index contributed by atoms with van der Waals surface area (Å²) >= 11 is 3.31. The van der Waals surface area contributed by atoms with Crippen molar-refractivity contribution in [3.63, 3.8) is 0 Å². The fraction of sp³-hybridized carbons (Fsp3) is 0.321. The van der Waals surface area contributed by atoms with E-state index in [0.29, 0.717) is 65.4 Å². The number of anilines is 2. The number of H-pyrrole nitrogens is 1. The Labute approximate surface area is 233 Å². The highest BCUT2D eigenvalue weighted by Crippen LogP contribution is 2.42. The van der Waals surface area contributed by atoms with E-state index < -0.39 is 5.82 Å². The number of likely N-dealkylation sites (tertiary alicyclic amines) is 1. The van der Waals surface area contributed by atoms with E-state index in [4.69, 9.17) is 9.47 Å². The number of rotatable bonds is 9. The van der Waals surface area contributed by atoms with Gasteiger partial charge in [-0.05, 0) is 37.1 Å². The van der Waals surface area contributed by atoms with Crippen molar-refractivity contribution in [2.45, 2.75) is 25.3 Å². The largest absolute Gasteiger partial charge is 0.492 e. The van der Waals surface area contributed by atoms with Gasteiger partial charge in [0.2, 0.25) is 5.91 Å². The number of halogens is 2. The molecule has 11 heteroatoms. The SMILES string of the molecule is COc1c(F)cccc1Nc1c(-c2ccncc2OCC2CCCN2C(=O)C=CCBr)[nH]c2c1C(=O)NCC2. The van der Waals surface area contributed by atoms with Crippen molar-refractivity contribution in [2.75, 3.05) is 37.5 Å². The highest BCUT2D eigenvalue weighted by molar-refractivity contribution is 9.09. The number of benzene rings is 1. The van der Waals surface area contributed by atoms with Crippen LogP contribution in [0.2, 0.25) is 0 Å². The third-order valence-electron chi connectivity index (χ3n) is 6.89. The van der Waals surface area contributed by atoms with E-state index in [2.05, 4.69) is 36.5 Å². The molecule has 0 bridgehead atoms. The molecule has 3 aromatic rings. The zero-order chi connectivity index (χ0) is 27.4. The molecule has 1 unspecified atom stereocenters. The number of allylic oxidation sites excluding steroid dienone is 1. The number of nitrogens with zero attached hydrogens (tertiary/aromatic N) is 2. The maximum Gasteiger partial charge on any atom is 0.255 e. The number of fused-ring (bicyclic) bond motifs is 1. The van der Waals surface area contributed by atoms with Gasteiger partial charge in [-0.1, -0.05) is 28.1 Å². The van der Waals surface area contributed by atoms with Crippen molar-refractivity contribution < 1.29 is 23.5 Å². The molecule has 2 aliphatic heterocycles. The summed E-state index contributed by atoms with van der Waals surface area (Å²) in [6.07, 6.45) is 8.98. The fourth-order valence-corrected chi connectivity index (χ4v) is 5.27. The molecule has 2 aliphatic rings. The lowest BCUT2D eigenvalue weighted by Crippen LogP contribution is -2.38. The smallest absolute Gasteiger partial charge is 0.255 e. The number of nitrogens with one attached hydrogen (secondary N) is 3. The van der Waals surface area contributed by atoms with Gasteiger partial charge in [-0.25, -0.2) is 4.39 Å². The fourth-order valence-electron chi connectivity index (χ4n) is 5.08. The third kappa shape index (κ3) is 5.49. The Kier molecular flexibility index (Phi) is 8.16. The van der Waals surface area contributed by atoms with Gasteiger partial charge in [0, 0.05) is 42.3 Å². The van der Waals surface area contributed by atoms with Gasteiger partial charge < -0.3 is 30.0 Å². The number of ether oxygens (including phenoxy) is 2. The van der Waals surface area contributed by atoms with E-state index in [0.717, 1.165) is 18.5 Å². The second kappa shape index (κ2) is 11.9. The second-order valence-electron chi connectivity index (χ2n) is 9.25. The van der Waals surface area contributed by atoms with Gasteiger partial charge in [-0.3, -0.25) is 14.6 Å². The molecule has 1 atom stereocenters. The first-order valence-corrected chi connectivity index (χ1v) is 13.9. The first kappa shape index (κ1) is 26.7. The number of amides is 2. The number of alkyl halides is 1. The Bertz CT molecular complexity index is 1410. The predicted octanol–water partition coefficient (Wildman–Crippen LogP) is 4.57. The molecule has 2 amide bonds. The zero-order valence-electron chi connectivity index (χ0n) is 21.4. The highest BCUT2D eigenvalue weighted by atomic mass is 79.9. The molecular weight excluding hydrogens is 569 g/mol. The van der Waals surface area contributed by atoms with Crippen LogP contribution in [0, 0.1) is 5.82 Å². The van der Waals surface area contributed by atoms with Gasteiger partial charge in [-0.2, -0.15) is 0 Å². The minimum Gasteiger partial charge on any atom is -0.492 e. The average Bonchev–Trinajstić information content (AvgIpc) is 3.56. The van der Waals surface area contributed by atoms with Gasteiger partial charge in [-0.15, -0.1) is 0 Å². The summed E-state index contributed by atoms with van der Waals surface area (Å²) in [5.41, 5.74) is 3.38. The third-order valence-corrected chi connectivity index (χ3v) is 7.26. The molecule has 39 heavy (non-hydrogen) atoms. The standard InChI is InChI=1S/C28H29BrFN5O4/c1-38-27-19(30)6-2-7-21(27)34-26-24-20(10-13-32-28(24)37)33-25(26)18-9-12-31-15-22(18)39-16-17-5-4-14-35(17)23(36)8-3-11-29/h2-3,6-9,12,15,17,33-34H,4-5,10-11,13-14,16H2,1H3,(H,32,37). The van der Waals surface area contributed by atoms with Crippen LogP contribution >= 0.6 is 15.9 Å². The molecule has 4 heterocycles. The molecule has 0 radical (unpaired) electrons. The monoisotopic (exact) mass is 597 g/mol. The van der Waals surface area contributed by atoms with Gasteiger partial charge >= 0.3 is 0 Å². The number of methoxy groups -OCH3 is 1. The molecule has 1 fully saturated rings. The number of hydrogen-bond donors (Lipinski definition) is 3. The van der Waals surface area contributed by atoms with Crippen LogP contribution in [-0.4, -0.2) is 64.9 Å². The molecule has 1 saturated heterocycles. The van der Waals surface area contributed by atoms with Crippen LogP contribution < -0.4 is 20.1 Å². The molecule has 0 aliphatic carbocycles. The van der Waals surface area contributed by atoms with Crippen molar-refractivity contribution in [1.82, 2.24) is 20.2 Å². The minimum atomic E-state index is -0.521. The molecule has 9 nitrogen and oxygen atoms in total. The molecular formula is C28H29BrFN5O4. The van der Waals surface area contributed by atoms with Crippen molar-refractivity contribution in [2.24, 2.45) is 0 Å². The van der Waals surface area contributed by atoms with Gasteiger partial charge in [0.05, 0.1) is 42.0 Å². The number of aromatic nitrogens is 2. The van der Waals surface area contributed by atoms with Crippen molar-refractivity contribution in [3.05, 3.63) is 65.9 Å². The van der Waals surface area contributed by atoms with Crippen molar-refractivity contribution in [3.8, 4) is 22.8 Å². The number of carbonyl (C=O) groups excluding carboxylic acids is 2. The molecule has 0 spiro atoms. The predicted molar refractivity (Wildman–Crippen MR) is 149 cm³/mol. The van der Waals surface area contributed by atoms with Crippen LogP contribution in [0.3, 0.4) is 0 Å². The van der Waals surface area contributed by atoms with Crippen LogP contribution in [0.15, 0.2) is 48.8 Å². The number of hydrogen-bond acceptors (Lipinski definition) is 6. The number of aromatic amines is 1. The summed E-state index contributed by atoms with van der Waals surface area (Å²) in [5, 5.41) is 6.73. The van der Waals surface area contributed by atoms with Gasteiger partial charge in [0.1, 0.15) is 12.4 Å². The van der Waals surface area contributed by atoms with Crippen LogP contribution in [0.25, 0.3) is 11.3 Å².